The van der Waals surface area contributed by atoms with Crippen molar-refractivity contribution in [3.05, 3.63) is 81.5 Å². The highest BCUT2D eigenvalue weighted by Crippen LogP contribution is 2.38. The summed E-state index contributed by atoms with van der Waals surface area (Å²) >= 11 is 1.75. The van der Waals surface area contributed by atoms with Gasteiger partial charge in [0.1, 0.15) is 5.75 Å². The molecule has 2 amide bonds. The Morgan fingerprint density at radius 2 is 1.79 bits per heavy atom. The monoisotopic (exact) mass is 406 g/mol. The van der Waals surface area contributed by atoms with Crippen molar-refractivity contribution in [1.29, 1.82) is 0 Å². The van der Waals surface area contributed by atoms with E-state index >= 15 is 0 Å². The molecule has 0 radical (unpaired) electrons. The van der Waals surface area contributed by atoms with Gasteiger partial charge in [0.25, 0.3) is 5.91 Å². The molecule has 2 heterocycles. The van der Waals surface area contributed by atoms with Crippen molar-refractivity contribution in [2.24, 2.45) is 0 Å². The minimum atomic E-state index is -0.177. The van der Waals surface area contributed by atoms with Crippen molar-refractivity contribution in [2.45, 2.75) is 19.4 Å². The lowest BCUT2D eigenvalue weighted by molar-refractivity contribution is -0.130. The highest BCUT2D eigenvalue weighted by molar-refractivity contribution is 7.10. The van der Waals surface area contributed by atoms with E-state index in [9.17, 15) is 9.59 Å². The van der Waals surface area contributed by atoms with Gasteiger partial charge in [-0.25, -0.2) is 0 Å². The first-order chi connectivity index (χ1) is 14.1. The molecule has 6 heteroatoms. The molecule has 1 N–H and O–H groups in total. The molecule has 0 saturated heterocycles. The fraction of sp³-hybridized carbons (Fsp3) is 0.217. The van der Waals surface area contributed by atoms with Gasteiger partial charge in [0.2, 0.25) is 5.91 Å². The van der Waals surface area contributed by atoms with Gasteiger partial charge < -0.3 is 15.0 Å². The van der Waals surface area contributed by atoms with Gasteiger partial charge in [0.15, 0.2) is 0 Å². The van der Waals surface area contributed by atoms with Crippen molar-refractivity contribution >= 4 is 28.8 Å². The summed E-state index contributed by atoms with van der Waals surface area (Å²) in [6.07, 6.45) is 0.902. The van der Waals surface area contributed by atoms with Crippen LogP contribution in [0.5, 0.6) is 5.75 Å². The van der Waals surface area contributed by atoms with E-state index in [0.29, 0.717) is 17.0 Å². The Labute approximate surface area is 173 Å². The standard InChI is InChI=1S/C23H22N2O3S/c1-15(26)25-13-11-21-20(12-14-29-21)22(25)16-3-7-18(8-4-16)24-23(27)17-5-9-19(28-2)10-6-17/h3-10,12,14,22H,11,13H2,1-2H3,(H,24,27)/t22-/m0/s1. The van der Waals surface area contributed by atoms with E-state index in [1.165, 1.54) is 10.4 Å². The van der Waals surface area contributed by atoms with Crippen LogP contribution in [-0.4, -0.2) is 30.4 Å². The largest absolute Gasteiger partial charge is 0.497 e. The fourth-order valence-corrected chi connectivity index (χ4v) is 4.61. The van der Waals surface area contributed by atoms with Crippen LogP contribution in [0.25, 0.3) is 0 Å². The van der Waals surface area contributed by atoms with Gasteiger partial charge in [0.05, 0.1) is 13.2 Å². The number of hydrogen-bond acceptors (Lipinski definition) is 4. The van der Waals surface area contributed by atoms with Crippen LogP contribution in [-0.2, 0) is 11.2 Å². The summed E-state index contributed by atoms with van der Waals surface area (Å²) < 4.78 is 5.12. The van der Waals surface area contributed by atoms with Crippen LogP contribution in [0.1, 0.15) is 39.3 Å². The smallest absolute Gasteiger partial charge is 0.255 e. The zero-order chi connectivity index (χ0) is 20.4. The molecule has 3 aromatic rings. The summed E-state index contributed by atoms with van der Waals surface area (Å²) in [5.74, 6) is 0.605. The summed E-state index contributed by atoms with van der Waals surface area (Å²) in [4.78, 5) is 27.9. The first-order valence-corrected chi connectivity index (χ1v) is 10.3. The van der Waals surface area contributed by atoms with Crippen LogP contribution in [0.2, 0.25) is 0 Å². The van der Waals surface area contributed by atoms with Crippen LogP contribution in [0.15, 0.2) is 60.0 Å². The van der Waals surface area contributed by atoms with E-state index in [0.717, 1.165) is 18.5 Å². The normalized spacial score (nSPS) is 15.5. The van der Waals surface area contributed by atoms with E-state index in [-0.39, 0.29) is 17.9 Å². The number of thiophene rings is 1. The number of methoxy groups -OCH3 is 1. The number of fused-ring (bicyclic) bond motifs is 1. The Bertz CT molecular complexity index is 1030. The minimum Gasteiger partial charge on any atom is -0.497 e. The number of rotatable bonds is 4. The number of ether oxygens (including phenoxy) is 1. The lowest BCUT2D eigenvalue weighted by atomic mass is 9.93. The Balaban J connectivity index is 1.54. The number of nitrogens with one attached hydrogen (secondary N) is 1. The molecule has 1 aromatic heterocycles. The molecule has 1 aliphatic rings. The summed E-state index contributed by atoms with van der Waals surface area (Å²) in [6, 6.07) is 16.7. The van der Waals surface area contributed by atoms with E-state index in [2.05, 4.69) is 16.8 Å². The van der Waals surface area contributed by atoms with Crippen LogP contribution in [0.3, 0.4) is 0 Å². The summed E-state index contributed by atoms with van der Waals surface area (Å²) in [5.41, 5.74) is 3.52. The van der Waals surface area contributed by atoms with Crippen LogP contribution < -0.4 is 10.1 Å². The third kappa shape index (κ3) is 3.89. The zero-order valence-electron chi connectivity index (χ0n) is 16.3. The maximum atomic E-state index is 12.5. The predicted octanol–water partition coefficient (Wildman–Crippen LogP) is 4.50. The molecule has 0 saturated carbocycles. The van der Waals surface area contributed by atoms with E-state index in [1.807, 2.05) is 29.2 Å². The lowest BCUT2D eigenvalue weighted by Crippen LogP contribution is -2.38. The SMILES string of the molecule is COc1ccc(C(=O)Nc2ccc([C@H]3c4ccsc4CCN3C(C)=O)cc2)cc1. The van der Waals surface area contributed by atoms with Gasteiger partial charge in [-0.05, 0) is 65.4 Å². The molecule has 2 aromatic carbocycles. The van der Waals surface area contributed by atoms with Crippen molar-refractivity contribution < 1.29 is 14.3 Å². The van der Waals surface area contributed by atoms with Gasteiger partial charge in [0, 0.05) is 29.6 Å². The molecule has 0 bridgehead atoms. The minimum absolute atomic E-state index is 0.0729. The third-order valence-electron chi connectivity index (χ3n) is 5.21. The Hall–Kier alpha value is -3.12. The first-order valence-electron chi connectivity index (χ1n) is 9.45. The third-order valence-corrected chi connectivity index (χ3v) is 6.20. The predicted molar refractivity (Wildman–Crippen MR) is 115 cm³/mol. The molecule has 0 unspecified atom stereocenters. The van der Waals surface area contributed by atoms with Gasteiger partial charge in [-0.3, -0.25) is 9.59 Å². The molecule has 148 valence electrons. The average Bonchev–Trinajstić information content (AvgIpc) is 3.22. The molecule has 0 fully saturated rings. The van der Waals surface area contributed by atoms with Gasteiger partial charge in [-0.2, -0.15) is 0 Å². The molecule has 4 rings (SSSR count). The van der Waals surface area contributed by atoms with Crippen LogP contribution in [0, 0.1) is 0 Å². The fourth-order valence-electron chi connectivity index (χ4n) is 3.71. The second-order valence-electron chi connectivity index (χ2n) is 6.97. The maximum absolute atomic E-state index is 12.5. The van der Waals surface area contributed by atoms with Crippen LogP contribution in [0.4, 0.5) is 5.69 Å². The number of carbonyl (C=O) groups excluding carboxylic acids is 2. The van der Waals surface area contributed by atoms with E-state index in [4.69, 9.17) is 4.74 Å². The van der Waals surface area contributed by atoms with Gasteiger partial charge in [-0.15, -0.1) is 11.3 Å². The van der Waals surface area contributed by atoms with Crippen molar-refractivity contribution in [2.75, 3.05) is 19.0 Å². The molecule has 0 spiro atoms. The lowest BCUT2D eigenvalue weighted by Gasteiger charge is -2.35. The second-order valence-corrected chi connectivity index (χ2v) is 7.97. The average molecular weight is 407 g/mol. The number of carbonyl (C=O) groups is 2. The maximum Gasteiger partial charge on any atom is 0.255 e. The highest BCUT2D eigenvalue weighted by atomic mass is 32.1. The summed E-state index contributed by atoms with van der Waals surface area (Å²) in [5, 5.41) is 5.00. The number of nitrogens with zero attached hydrogens (tertiary/aromatic N) is 1. The van der Waals surface area contributed by atoms with Gasteiger partial charge in [-0.1, -0.05) is 12.1 Å². The summed E-state index contributed by atoms with van der Waals surface area (Å²) in [6.45, 7) is 2.34. The number of anilines is 1. The van der Waals surface area contributed by atoms with Crippen molar-refractivity contribution in [3.8, 4) is 5.75 Å². The Morgan fingerprint density at radius 3 is 2.45 bits per heavy atom. The topological polar surface area (TPSA) is 58.6 Å². The molecular formula is C23H22N2O3S. The highest BCUT2D eigenvalue weighted by Gasteiger charge is 2.31. The molecule has 0 aliphatic carbocycles. The van der Waals surface area contributed by atoms with E-state index < -0.39 is 0 Å². The van der Waals surface area contributed by atoms with Crippen molar-refractivity contribution in [3.63, 3.8) is 0 Å². The van der Waals surface area contributed by atoms with E-state index in [1.54, 1.807) is 49.6 Å². The first kappa shape index (κ1) is 19.2. The molecule has 29 heavy (non-hydrogen) atoms. The van der Waals surface area contributed by atoms with Gasteiger partial charge >= 0.3 is 0 Å². The number of hydrogen-bond donors (Lipinski definition) is 1. The molecule has 5 nitrogen and oxygen atoms in total. The van der Waals surface area contributed by atoms with Crippen LogP contribution >= 0.6 is 11.3 Å². The molecule has 1 atom stereocenters. The second kappa shape index (κ2) is 8.09. The Morgan fingerprint density at radius 1 is 1.07 bits per heavy atom. The molecule has 1 aliphatic heterocycles. The van der Waals surface area contributed by atoms with Crippen molar-refractivity contribution in [1.82, 2.24) is 4.90 Å². The Kier molecular flexibility index (Phi) is 5.36. The number of benzene rings is 2. The zero-order valence-corrected chi connectivity index (χ0v) is 17.2. The quantitative estimate of drug-likeness (QED) is 0.694. The number of amides is 2. The summed E-state index contributed by atoms with van der Waals surface area (Å²) in [7, 11) is 1.59. The molecular weight excluding hydrogens is 384 g/mol.